The van der Waals surface area contributed by atoms with E-state index in [0.717, 1.165) is 18.7 Å². The maximum Gasteiger partial charge on any atom is 0.123 e. The Labute approximate surface area is 119 Å². The SMILES string of the molecule is CCc1ccc(CNC(C)c2ccccc2OC)s1. The molecule has 1 aromatic heterocycles. The zero-order valence-corrected chi connectivity index (χ0v) is 12.6. The molecule has 3 heteroatoms. The molecule has 2 rings (SSSR count). The lowest BCUT2D eigenvalue weighted by Crippen LogP contribution is -2.18. The van der Waals surface area contributed by atoms with Crippen LogP contribution >= 0.6 is 11.3 Å². The first-order valence-electron chi connectivity index (χ1n) is 6.68. The molecule has 1 atom stereocenters. The molecule has 0 aliphatic heterocycles. The van der Waals surface area contributed by atoms with Crippen molar-refractivity contribution in [3.05, 3.63) is 51.7 Å². The van der Waals surface area contributed by atoms with E-state index >= 15 is 0 Å². The van der Waals surface area contributed by atoms with Crippen molar-refractivity contribution in [1.29, 1.82) is 0 Å². The quantitative estimate of drug-likeness (QED) is 0.854. The fourth-order valence-electron chi connectivity index (χ4n) is 2.10. The molecule has 0 spiro atoms. The molecule has 2 aromatic rings. The van der Waals surface area contributed by atoms with E-state index in [9.17, 15) is 0 Å². The lowest BCUT2D eigenvalue weighted by Gasteiger charge is -2.16. The Bertz CT molecular complexity index is 521. The van der Waals surface area contributed by atoms with E-state index in [1.54, 1.807) is 7.11 Å². The van der Waals surface area contributed by atoms with Gasteiger partial charge in [-0.3, -0.25) is 0 Å². The third-order valence-corrected chi connectivity index (χ3v) is 4.48. The van der Waals surface area contributed by atoms with Crippen molar-refractivity contribution in [3.8, 4) is 5.75 Å². The predicted octanol–water partition coefficient (Wildman–Crippen LogP) is 4.17. The van der Waals surface area contributed by atoms with Gasteiger partial charge in [0.1, 0.15) is 5.75 Å². The van der Waals surface area contributed by atoms with Crippen molar-refractivity contribution >= 4 is 11.3 Å². The zero-order valence-electron chi connectivity index (χ0n) is 11.8. The van der Waals surface area contributed by atoms with Gasteiger partial charge in [-0.05, 0) is 31.5 Å². The van der Waals surface area contributed by atoms with Gasteiger partial charge >= 0.3 is 0 Å². The summed E-state index contributed by atoms with van der Waals surface area (Å²) < 4.78 is 5.40. The zero-order chi connectivity index (χ0) is 13.7. The van der Waals surface area contributed by atoms with Crippen molar-refractivity contribution < 1.29 is 4.74 Å². The maximum absolute atomic E-state index is 5.40. The van der Waals surface area contributed by atoms with Gasteiger partial charge in [0.05, 0.1) is 7.11 Å². The molecule has 1 N–H and O–H groups in total. The first kappa shape index (κ1) is 14.1. The summed E-state index contributed by atoms with van der Waals surface area (Å²) in [4.78, 5) is 2.83. The molecule has 1 unspecified atom stereocenters. The van der Waals surface area contributed by atoms with Crippen LogP contribution in [0.2, 0.25) is 0 Å². The highest BCUT2D eigenvalue weighted by molar-refractivity contribution is 7.11. The van der Waals surface area contributed by atoms with Gasteiger partial charge in [-0.25, -0.2) is 0 Å². The van der Waals surface area contributed by atoms with E-state index in [-0.39, 0.29) is 6.04 Å². The Morgan fingerprint density at radius 2 is 1.89 bits per heavy atom. The van der Waals surface area contributed by atoms with Crippen LogP contribution in [-0.4, -0.2) is 7.11 Å². The van der Waals surface area contributed by atoms with Crippen molar-refractivity contribution in [3.63, 3.8) is 0 Å². The molecule has 0 saturated heterocycles. The van der Waals surface area contributed by atoms with Gasteiger partial charge in [-0.15, -0.1) is 11.3 Å². The number of aryl methyl sites for hydroxylation is 1. The highest BCUT2D eigenvalue weighted by atomic mass is 32.1. The number of thiophene rings is 1. The first-order valence-corrected chi connectivity index (χ1v) is 7.50. The Morgan fingerprint density at radius 3 is 2.58 bits per heavy atom. The summed E-state index contributed by atoms with van der Waals surface area (Å²) in [5.41, 5.74) is 1.21. The summed E-state index contributed by atoms with van der Waals surface area (Å²) in [6.07, 6.45) is 1.12. The average molecular weight is 275 g/mol. The standard InChI is InChI=1S/C16H21NOS/c1-4-13-9-10-14(19-13)11-17-12(2)15-7-5-6-8-16(15)18-3/h5-10,12,17H,4,11H2,1-3H3. The Kier molecular flexibility index (Phi) is 5.00. The molecule has 0 aliphatic carbocycles. The van der Waals surface area contributed by atoms with Crippen LogP contribution in [0.25, 0.3) is 0 Å². The second-order valence-corrected chi connectivity index (χ2v) is 5.82. The van der Waals surface area contributed by atoms with Crippen molar-refractivity contribution in [1.82, 2.24) is 5.32 Å². The van der Waals surface area contributed by atoms with Gasteiger partial charge in [0, 0.05) is 27.9 Å². The van der Waals surface area contributed by atoms with E-state index in [2.05, 4.69) is 43.4 Å². The number of ether oxygens (including phenoxy) is 1. The lowest BCUT2D eigenvalue weighted by atomic mass is 10.1. The van der Waals surface area contributed by atoms with Crippen LogP contribution in [0.3, 0.4) is 0 Å². The number of para-hydroxylation sites is 1. The highest BCUT2D eigenvalue weighted by Crippen LogP contribution is 2.25. The minimum absolute atomic E-state index is 0.281. The molecule has 0 saturated carbocycles. The van der Waals surface area contributed by atoms with Crippen molar-refractivity contribution in [2.45, 2.75) is 32.9 Å². The molecular weight excluding hydrogens is 254 g/mol. The highest BCUT2D eigenvalue weighted by Gasteiger charge is 2.10. The first-order chi connectivity index (χ1) is 9.24. The van der Waals surface area contributed by atoms with Crippen LogP contribution in [0.1, 0.15) is 35.2 Å². The molecule has 19 heavy (non-hydrogen) atoms. The molecule has 0 aliphatic rings. The van der Waals surface area contributed by atoms with Crippen LogP contribution in [-0.2, 0) is 13.0 Å². The molecule has 0 amide bonds. The smallest absolute Gasteiger partial charge is 0.123 e. The van der Waals surface area contributed by atoms with Gasteiger partial charge in [0.25, 0.3) is 0 Å². The maximum atomic E-state index is 5.40. The molecule has 102 valence electrons. The van der Waals surface area contributed by atoms with Crippen LogP contribution in [0.4, 0.5) is 0 Å². The van der Waals surface area contributed by atoms with Crippen LogP contribution in [0.15, 0.2) is 36.4 Å². The largest absolute Gasteiger partial charge is 0.496 e. The molecule has 0 bridgehead atoms. The van der Waals surface area contributed by atoms with Crippen LogP contribution in [0.5, 0.6) is 5.75 Å². The fraction of sp³-hybridized carbons (Fsp3) is 0.375. The molecule has 1 aromatic carbocycles. The Balaban J connectivity index is 1.98. The third-order valence-electron chi connectivity index (χ3n) is 3.25. The number of benzene rings is 1. The summed E-state index contributed by atoms with van der Waals surface area (Å²) in [5.74, 6) is 0.947. The molecule has 2 nitrogen and oxygen atoms in total. The number of methoxy groups -OCH3 is 1. The predicted molar refractivity (Wildman–Crippen MR) is 81.9 cm³/mol. The van der Waals surface area contributed by atoms with Crippen LogP contribution < -0.4 is 10.1 Å². The Morgan fingerprint density at radius 1 is 1.16 bits per heavy atom. The van der Waals surface area contributed by atoms with E-state index in [1.165, 1.54) is 15.3 Å². The van der Waals surface area contributed by atoms with Crippen LogP contribution in [0, 0.1) is 0 Å². The topological polar surface area (TPSA) is 21.3 Å². The summed E-state index contributed by atoms with van der Waals surface area (Å²) in [5, 5.41) is 3.56. The van der Waals surface area contributed by atoms with E-state index < -0.39 is 0 Å². The minimum atomic E-state index is 0.281. The van der Waals surface area contributed by atoms with E-state index in [0.29, 0.717) is 0 Å². The van der Waals surface area contributed by atoms with E-state index in [1.807, 2.05) is 23.5 Å². The van der Waals surface area contributed by atoms with E-state index in [4.69, 9.17) is 4.74 Å². The summed E-state index contributed by atoms with van der Waals surface area (Å²) in [7, 11) is 1.72. The number of nitrogens with one attached hydrogen (secondary N) is 1. The van der Waals surface area contributed by atoms with Gasteiger partial charge < -0.3 is 10.1 Å². The minimum Gasteiger partial charge on any atom is -0.496 e. The average Bonchev–Trinajstić information content (AvgIpc) is 2.92. The second kappa shape index (κ2) is 6.73. The summed E-state index contributed by atoms with van der Waals surface area (Å²) in [6, 6.07) is 12.9. The summed E-state index contributed by atoms with van der Waals surface area (Å²) >= 11 is 1.89. The van der Waals surface area contributed by atoms with Gasteiger partial charge in [-0.2, -0.15) is 0 Å². The van der Waals surface area contributed by atoms with Crippen molar-refractivity contribution in [2.24, 2.45) is 0 Å². The normalized spacial score (nSPS) is 12.4. The fourth-order valence-corrected chi connectivity index (χ4v) is 3.00. The summed E-state index contributed by atoms with van der Waals surface area (Å²) in [6.45, 7) is 5.27. The van der Waals surface area contributed by atoms with Gasteiger partial charge in [0.2, 0.25) is 0 Å². The molecule has 0 fully saturated rings. The molecule has 1 heterocycles. The van der Waals surface area contributed by atoms with Crippen molar-refractivity contribution in [2.75, 3.05) is 7.11 Å². The Hall–Kier alpha value is -1.32. The molecular formula is C16H21NOS. The molecule has 0 radical (unpaired) electrons. The monoisotopic (exact) mass is 275 g/mol. The second-order valence-electron chi connectivity index (χ2n) is 4.57. The number of rotatable bonds is 6. The lowest BCUT2D eigenvalue weighted by molar-refractivity contribution is 0.401. The number of hydrogen-bond acceptors (Lipinski definition) is 3. The van der Waals surface area contributed by atoms with Gasteiger partial charge in [-0.1, -0.05) is 25.1 Å². The third kappa shape index (κ3) is 3.58. The van der Waals surface area contributed by atoms with Gasteiger partial charge in [0.15, 0.2) is 0 Å². The number of hydrogen-bond donors (Lipinski definition) is 1.